The molecule has 1 saturated heterocycles. The fourth-order valence-corrected chi connectivity index (χ4v) is 2.03. The predicted molar refractivity (Wildman–Crippen MR) is 67.7 cm³/mol. The molecule has 1 atom stereocenters. The van der Waals surface area contributed by atoms with Gasteiger partial charge in [-0.1, -0.05) is 30.3 Å². The van der Waals surface area contributed by atoms with Gasteiger partial charge in [-0.2, -0.15) is 0 Å². The molecule has 5 nitrogen and oxygen atoms in total. The third kappa shape index (κ3) is 3.12. The third-order valence-corrected chi connectivity index (χ3v) is 2.98. The molecule has 2 N–H and O–H groups in total. The molecule has 0 radical (unpaired) electrons. The van der Waals surface area contributed by atoms with Crippen molar-refractivity contribution in [1.82, 2.24) is 0 Å². The number of rotatable bonds is 3. The zero-order valence-electron chi connectivity index (χ0n) is 11.0. The van der Waals surface area contributed by atoms with Gasteiger partial charge in [0.25, 0.3) is 5.79 Å². The van der Waals surface area contributed by atoms with E-state index in [2.05, 4.69) is 0 Å². The lowest BCUT2D eigenvalue weighted by Gasteiger charge is -2.33. The molecule has 102 valence electrons. The van der Waals surface area contributed by atoms with E-state index in [1.807, 2.05) is 30.3 Å². The first kappa shape index (κ1) is 13.5. The number of ether oxygens (including phenoxy) is 2. The van der Waals surface area contributed by atoms with Gasteiger partial charge in [0.1, 0.15) is 0 Å². The van der Waals surface area contributed by atoms with Gasteiger partial charge in [0, 0.05) is 19.9 Å². The minimum Gasteiger partial charge on any atom is -0.422 e. The number of nitrogens with two attached hydrogens (primary N) is 1. The Morgan fingerprint density at radius 1 is 1.16 bits per heavy atom. The average Bonchev–Trinajstić information content (AvgIpc) is 2.33. The minimum atomic E-state index is -1.19. The van der Waals surface area contributed by atoms with Crippen LogP contribution in [-0.2, 0) is 19.1 Å². The highest BCUT2D eigenvalue weighted by Gasteiger charge is 2.43. The number of cyclic esters (lactones) is 2. The Bertz CT molecular complexity index is 463. The van der Waals surface area contributed by atoms with E-state index in [1.165, 1.54) is 13.8 Å². The summed E-state index contributed by atoms with van der Waals surface area (Å²) in [6, 6.07) is 8.89. The highest BCUT2D eigenvalue weighted by atomic mass is 16.7. The Balaban J connectivity index is 2.07. The molecular formula is C14H17NO4. The first-order valence-electron chi connectivity index (χ1n) is 6.15. The van der Waals surface area contributed by atoms with E-state index in [0.717, 1.165) is 5.56 Å². The topological polar surface area (TPSA) is 78.6 Å². The van der Waals surface area contributed by atoms with Gasteiger partial charge in [-0.05, 0) is 12.0 Å². The second-order valence-electron chi connectivity index (χ2n) is 5.05. The molecule has 1 fully saturated rings. The summed E-state index contributed by atoms with van der Waals surface area (Å²) < 4.78 is 10.1. The van der Waals surface area contributed by atoms with Crippen molar-refractivity contribution in [1.29, 1.82) is 0 Å². The molecule has 0 bridgehead atoms. The molecule has 1 heterocycles. The van der Waals surface area contributed by atoms with Crippen LogP contribution in [0.1, 0.15) is 31.9 Å². The van der Waals surface area contributed by atoms with Gasteiger partial charge in [0.2, 0.25) is 0 Å². The van der Waals surface area contributed by atoms with Crippen LogP contribution in [0.2, 0.25) is 0 Å². The second kappa shape index (κ2) is 5.01. The monoisotopic (exact) mass is 263 g/mol. The summed E-state index contributed by atoms with van der Waals surface area (Å²) in [5.41, 5.74) is 6.87. The number of benzene rings is 1. The Hall–Kier alpha value is -1.88. The van der Waals surface area contributed by atoms with Gasteiger partial charge in [-0.15, -0.1) is 0 Å². The van der Waals surface area contributed by atoms with Gasteiger partial charge >= 0.3 is 11.9 Å². The van der Waals surface area contributed by atoms with E-state index in [-0.39, 0.29) is 6.42 Å². The molecule has 1 aliphatic rings. The van der Waals surface area contributed by atoms with Gasteiger partial charge in [-0.3, -0.25) is 9.59 Å². The van der Waals surface area contributed by atoms with Crippen molar-refractivity contribution in [2.24, 2.45) is 11.7 Å². The van der Waals surface area contributed by atoms with E-state index in [1.54, 1.807) is 0 Å². The van der Waals surface area contributed by atoms with Crippen molar-refractivity contribution >= 4 is 11.9 Å². The summed E-state index contributed by atoms with van der Waals surface area (Å²) in [5.74, 6) is -3.30. The van der Waals surface area contributed by atoms with Crippen molar-refractivity contribution in [3.63, 3.8) is 0 Å². The lowest BCUT2D eigenvalue weighted by molar-refractivity contribution is -0.240. The standard InChI is InChI=1S/C14H17NO4/c1-14(2)18-12(16)10(13(17)19-14)8-11(15)9-6-4-3-5-7-9/h3-7,10-11H,8,15H2,1-2H3/t11-/m0/s1. The quantitative estimate of drug-likeness (QED) is 0.661. The highest BCUT2D eigenvalue weighted by molar-refractivity contribution is 5.96. The van der Waals surface area contributed by atoms with Crippen molar-refractivity contribution in [3.05, 3.63) is 35.9 Å². The third-order valence-electron chi connectivity index (χ3n) is 2.98. The maximum Gasteiger partial charge on any atom is 0.323 e. The van der Waals surface area contributed by atoms with E-state index in [0.29, 0.717) is 0 Å². The molecule has 5 heteroatoms. The molecule has 0 aliphatic carbocycles. The molecule has 0 aromatic heterocycles. The maximum atomic E-state index is 11.8. The molecule has 1 aliphatic heterocycles. The van der Waals surface area contributed by atoms with Gasteiger partial charge in [0.15, 0.2) is 5.92 Å². The number of carbonyl (C=O) groups excluding carboxylic acids is 2. The SMILES string of the molecule is CC1(C)OC(=O)C(C[C@H](N)c2ccccc2)C(=O)O1. The highest BCUT2D eigenvalue weighted by Crippen LogP contribution is 2.28. The predicted octanol–water partition coefficient (Wildman–Crippen LogP) is 1.53. The van der Waals surface area contributed by atoms with Crippen molar-refractivity contribution in [2.45, 2.75) is 32.1 Å². The number of carbonyl (C=O) groups is 2. The Morgan fingerprint density at radius 3 is 2.21 bits per heavy atom. The number of hydrogen-bond donors (Lipinski definition) is 1. The molecule has 0 amide bonds. The van der Waals surface area contributed by atoms with Crippen LogP contribution >= 0.6 is 0 Å². The van der Waals surface area contributed by atoms with Gasteiger partial charge in [-0.25, -0.2) is 0 Å². The lowest BCUT2D eigenvalue weighted by Crippen LogP contribution is -2.47. The molecule has 0 spiro atoms. The fraction of sp³-hybridized carbons (Fsp3) is 0.429. The smallest absolute Gasteiger partial charge is 0.323 e. The summed E-state index contributed by atoms with van der Waals surface area (Å²) in [5, 5.41) is 0. The normalized spacial score (nSPS) is 20.6. The number of hydrogen-bond acceptors (Lipinski definition) is 5. The Labute approximate surface area is 111 Å². The first-order chi connectivity index (χ1) is 8.89. The minimum absolute atomic E-state index is 0.178. The average molecular weight is 263 g/mol. The van der Waals surface area contributed by atoms with Crippen LogP contribution in [-0.4, -0.2) is 17.7 Å². The van der Waals surface area contributed by atoms with Crippen LogP contribution in [0.3, 0.4) is 0 Å². The van der Waals surface area contributed by atoms with Crippen LogP contribution in [0.5, 0.6) is 0 Å². The second-order valence-corrected chi connectivity index (χ2v) is 5.05. The molecule has 1 aromatic carbocycles. The summed E-state index contributed by atoms with van der Waals surface area (Å²) in [4.78, 5) is 23.6. The summed E-state index contributed by atoms with van der Waals surface area (Å²) in [6.07, 6.45) is 0.178. The molecule has 2 rings (SSSR count). The van der Waals surface area contributed by atoms with Crippen LogP contribution < -0.4 is 5.73 Å². The molecule has 0 saturated carbocycles. The van der Waals surface area contributed by atoms with Crippen LogP contribution in [0.25, 0.3) is 0 Å². The zero-order chi connectivity index (χ0) is 14.0. The van der Waals surface area contributed by atoms with Gasteiger partial charge < -0.3 is 15.2 Å². The Kier molecular flexibility index (Phi) is 3.57. The van der Waals surface area contributed by atoms with Crippen molar-refractivity contribution in [3.8, 4) is 0 Å². The maximum absolute atomic E-state index is 11.8. The van der Waals surface area contributed by atoms with Gasteiger partial charge in [0.05, 0.1) is 0 Å². The van der Waals surface area contributed by atoms with Crippen molar-refractivity contribution < 1.29 is 19.1 Å². The summed E-state index contributed by atoms with van der Waals surface area (Å²) >= 11 is 0. The van der Waals surface area contributed by atoms with E-state index < -0.39 is 29.7 Å². The largest absolute Gasteiger partial charge is 0.422 e. The van der Waals surface area contributed by atoms with E-state index >= 15 is 0 Å². The first-order valence-corrected chi connectivity index (χ1v) is 6.15. The molecular weight excluding hydrogens is 246 g/mol. The van der Waals surface area contributed by atoms with E-state index in [9.17, 15) is 9.59 Å². The zero-order valence-corrected chi connectivity index (χ0v) is 11.0. The van der Waals surface area contributed by atoms with Crippen LogP contribution in [0, 0.1) is 5.92 Å². The van der Waals surface area contributed by atoms with E-state index in [4.69, 9.17) is 15.2 Å². The lowest BCUT2D eigenvalue weighted by atomic mass is 9.94. The fourth-order valence-electron chi connectivity index (χ4n) is 2.03. The summed E-state index contributed by atoms with van der Waals surface area (Å²) in [6.45, 7) is 3.05. The van der Waals surface area contributed by atoms with Crippen LogP contribution in [0.4, 0.5) is 0 Å². The van der Waals surface area contributed by atoms with Crippen molar-refractivity contribution in [2.75, 3.05) is 0 Å². The summed E-state index contributed by atoms with van der Waals surface area (Å²) in [7, 11) is 0. The molecule has 0 unspecified atom stereocenters. The number of esters is 2. The molecule has 1 aromatic rings. The Morgan fingerprint density at radius 2 is 1.68 bits per heavy atom. The molecule has 19 heavy (non-hydrogen) atoms. The van der Waals surface area contributed by atoms with Crippen LogP contribution in [0.15, 0.2) is 30.3 Å².